The Bertz CT molecular complexity index is 358. The fourth-order valence-corrected chi connectivity index (χ4v) is 2.57. The van der Waals surface area contributed by atoms with Gasteiger partial charge >= 0.3 is 0 Å². The molecule has 0 saturated carbocycles. The minimum Gasteiger partial charge on any atom is -0.311 e. The molecule has 2 heteroatoms. The number of nitrogens with one attached hydrogen (secondary N) is 1. The van der Waals surface area contributed by atoms with Crippen molar-refractivity contribution < 1.29 is 0 Å². The maximum Gasteiger partial charge on any atom is 0.0206 e. The van der Waals surface area contributed by atoms with E-state index in [1.165, 1.54) is 11.1 Å². The Morgan fingerprint density at radius 3 is 1.90 bits per heavy atom. The topological polar surface area (TPSA) is 15.3 Å². The highest BCUT2D eigenvalue weighted by atomic mass is 15.2. The van der Waals surface area contributed by atoms with E-state index in [-0.39, 0.29) is 0 Å². The standard InChI is InChI=1S/C18H32N2/c1-14(2)18-9-7-17(8-10-18)13-19-11-12-20(15(3)4)16(5)6/h7-10,14-16,19H,11-13H2,1-6H3. The molecule has 0 heterocycles. The van der Waals surface area contributed by atoms with Gasteiger partial charge in [-0.2, -0.15) is 0 Å². The second-order valence-corrected chi connectivity index (χ2v) is 6.50. The molecule has 1 aromatic rings. The van der Waals surface area contributed by atoms with Gasteiger partial charge in [-0.05, 0) is 44.7 Å². The largest absolute Gasteiger partial charge is 0.311 e. The van der Waals surface area contributed by atoms with Gasteiger partial charge in [0.05, 0.1) is 0 Å². The normalized spacial score (nSPS) is 12.1. The predicted octanol–water partition coefficient (Wildman–Crippen LogP) is 4.02. The summed E-state index contributed by atoms with van der Waals surface area (Å²) in [6, 6.07) is 10.2. The second-order valence-electron chi connectivity index (χ2n) is 6.50. The molecule has 0 atom stereocenters. The van der Waals surface area contributed by atoms with Crippen molar-refractivity contribution in [2.24, 2.45) is 0 Å². The molecule has 2 nitrogen and oxygen atoms in total. The van der Waals surface area contributed by atoms with Crippen molar-refractivity contribution in [3.63, 3.8) is 0 Å². The zero-order valence-corrected chi connectivity index (χ0v) is 14.1. The van der Waals surface area contributed by atoms with E-state index in [9.17, 15) is 0 Å². The molecule has 0 radical (unpaired) electrons. The first-order valence-corrected chi connectivity index (χ1v) is 7.97. The number of hydrogen-bond acceptors (Lipinski definition) is 2. The second kappa shape index (κ2) is 8.43. The van der Waals surface area contributed by atoms with Crippen LogP contribution in [0.5, 0.6) is 0 Å². The molecule has 0 unspecified atom stereocenters. The number of nitrogens with zero attached hydrogens (tertiary/aromatic N) is 1. The van der Waals surface area contributed by atoms with Gasteiger partial charge in [0.25, 0.3) is 0 Å². The average Bonchev–Trinajstić information content (AvgIpc) is 2.38. The summed E-state index contributed by atoms with van der Waals surface area (Å²) < 4.78 is 0. The van der Waals surface area contributed by atoms with Crippen LogP contribution in [0.3, 0.4) is 0 Å². The molecule has 0 spiro atoms. The van der Waals surface area contributed by atoms with Crippen molar-refractivity contribution in [1.29, 1.82) is 0 Å². The Balaban J connectivity index is 2.33. The molecular formula is C18H32N2. The average molecular weight is 276 g/mol. The molecular weight excluding hydrogens is 244 g/mol. The zero-order chi connectivity index (χ0) is 15.1. The predicted molar refractivity (Wildman–Crippen MR) is 89.2 cm³/mol. The molecule has 0 aliphatic rings. The summed E-state index contributed by atoms with van der Waals surface area (Å²) in [5.74, 6) is 0.614. The molecule has 1 N–H and O–H groups in total. The minimum absolute atomic E-state index is 0.613. The maximum atomic E-state index is 3.55. The van der Waals surface area contributed by atoms with Crippen LogP contribution in [0.15, 0.2) is 24.3 Å². The highest BCUT2D eigenvalue weighted by Crippen LogP contribution is 2.14. The van der Waals surface area contributed by atoms with Crippen LogP contribution in [0, 0.1) is 0 Å². The van der Waals surface area contributed by atoms with Crippen LogP contribution in [0.2, 0.25) is 0 Å². The molecule has 0 bridgehead atoms. The Hall–Kier alpha value is -0.860. The lowest BCUT2D eigenvalue weighted by Crippen LogP contribution is -2.41. The van der Waals surface area contributed by atoms with Gasteiger partial charge in [-0.25, -0.2) is 0 Å². The summed E-state index contributed by atoms with van der Waals surface area (Å²) in [6.07, 6.45) is 0. The SMILES string of the molecule is CC(C)c1ccc(CNCCN(C(C)C)C(C)C)cc1. The Kier molecular flexibility index (Phi) is 7.25. The zero-order valence-electron chi connectivity index (χ0n) is 14.1. The molecule has 0 amide bonds. The number of rotatable bonds is 8. The van der Waals surface area contributed by atoms with Crippen LogP contribution >= 0.6 is 0 Å². The summed E-state index contributed by atoms with van der Waals surface area (Å²) in [5, 5.41) is 3.55. The van der Waals surface area contributed by atoms with E-state index in [4.69, 9.17) is 0 Å². The van der Waals surface area contributed by atoms with E-state index in [2.05, 4.69) is 76.0 Å². The molecule has 114 valence electrons. The van der Waals surface area contributed by atoms with Gasteiger partial charge in [0.2, 0.25) is 0 Å². The molecule has 0 aromatic heterocycles. The van der Waals surface area contributed by atoms with Crippen molar-refractivity contribution in [3.05, 3.63) is 35.4 Å². The van der Waals surface area contributed by atoms with Crippen molar-refractivity contribution in [1.82, 2.24) is 10.2 Å². The molecule has 0 aliphatic carbocycles. The summed E-state index contributed by atoms with van der Waals surface area (Å²) in [5.41, 5.74) is 2.79. The highest BCUT2D eigenvalue weighted by Gasteiger charge is 2.11. The number of benzene rings is 1. The van der Waals surface area contributed by atoms with Crippen molar-refractivity contribution in [3.8, 4) is 0 Å². The van der Waals surface area contributed by atoms with Crippen LogP contribution in [0.25, 0.3) is 0 Å². The van der Waals surface area contributed by atoms with Crippen molar-refractivity contribution in [2.75, 3.05) is 13.1 Å². The first-order chi connectivity index (χ1) is 9.41. The third kappa shape index (κ3) is 5.64. The van der Waals surface area contributed by atoms with Gasteiger partial charge in [0.1, 0.15) is 0 Å². The highest BCUT2D eigenvalue weighted by molar-refractivity contribution is 5.24. The van der Waals surface area contributed by atoms with Gasteiger partial charge in [0, 0.05) is 31.7 Å². The Morgan fingerprint density at radius 2 is 1.45 bits per heavy atom. The molecule has 0 aliphatic heterocycles. The first kappa shape index (κ1) is 17.2. The van der Waals surface area contributed by atoms with Gasteiger partial charge < -0.3 is 5.32 Å². The first-order valence-electron chi connectivity index (χ1n) is 7.97. The van der Waals surface area contributed by atoms with E-state index in [1.54, 1.807) is 0 Å². The number of hydrogen-bond donors (Lipinski definition) is 1. The van der Waals surface area contributed by atoms with E-state index < -0.39 is 0 Å². The fourth-order valence-electron chi connectivity index (χ4n) is 2.57. The van der Waals surface area contributed by atoms with Crippen molar-refractivity contribution in [2.45, 2.75) is 66.1 Å². The van der Waals surface area contributed by atoms with E-state index in [0.29, 0.717) is 18.0 Å². The molecule has 1 rings (SSSR count). The monoisotopic (exact) mass is 276 g/mol. The summed E-state index contributed by atoms with van der Waals surface area (Å²) in [7, 11) is 0. The van der Waals surface area contributed by atoms with Gasteiger partial charge in [-0.3, -0.25) is 4.90 Å². The molecule has 0 fully saturated rings. The quantitative estimate of drug-likeness (QED) is 0.722. The van der Waals surface area contributed by atoms with Crippen LogP contribution < -0.4 is 5.32 Å². The Labute approximate surface area is 125 Å². The third-order valence-corrected chi connectivity index (χ3v) is 3.85. The fraction of sp³-hybridized carbons (Fsp3) is 0.667. The van der Waals surface area contributed by atoms with Crippen molar-refractivity contribution >= 4 is 0 Å². The van der Waals surface area contributed by atoms with Crippen LogP contribution in [-0.2, 0) is 6.54 Å². The van der Waals surface area contributed by atoms with Crippen LogP contribution in [0.1, 0.15) is 58.6 Å². The molecule has 20 heavy (non-hydrogen) atoms. The van der Waals surface area contributed by atoms with Gasteiger partial charge in [-0.1, -0.05) is 38.1 Å². The minimum atomic E-state index is 0.613. The lowest BCUT2D eigenvalue weighted by Gasteiger charge is -2.30. The van der Waals surface area contributed by atoms with Crippen LogP contribution in [-0.4, -0.2) is 30.1 Å². The Morgan fingerprint density at radius 1 is 0.900 bits per heavy atom. The molecule has 1 aromatic carbocycles. The van der Waals surface area contributed by atoms with Gasteiger partial charge in [0.15, 0.2) is 0 Å². The van der Waals surface area contributed by atoms with E-state index >= 15 is 0 Å². The van der Waals surface area contributed by atoms with Crippen LogP contribution in [0.4, 0.5) is 0 Å². The molecule has 0 saturated heterocycles. The van der Waals surface area contributed by atoms with E-state index in [0.717, 1.165) is 19.6 Å². The lowest BCUT2D eigenvalue weighted by atomic mass is 10.0. The summed E-state index contributed by atoms with van der Waals surface area (Å²) in [6.45, 7) is 16.7. The van der Waals surface area contributed by atoms with Gasteiger partial charge in [-0.15, -0.1) is 0 Å². The third-order valence-electron chi connectivity index (χ3n) is 3.85. The maximum absolute atomic E-state index is 3.55. The smallest absolute Gasteiger partial charge is 0.0206 e. The summed E-state index contributed by atoms with van der Waals surface area (Å²) >= 11 is 0. The lowest BCUT2D eigenvalue weighted by molar-refractivity contribution is 0.176. The summed E-state index contributed by atoms with van der Waals surface area (Å²) in [4.78, 5) is 2.52. The van der Waals surface area contributed by atoms with E-state index in [1.807, 2.05) is 0 Å².